The lowest BCUT2D eigenvalue weighted by Gasteiger charge is -2.16. The maximum absolute atomic E-state index is 5.39. The van der Waals surface area contributed by atoms with Crippen molar-refractivity contribution in [2.45, 2.75) is 0 Å². The van der Waals surface area contributed by atoms with Crippen LogP contribution in [0.15, 0.2) is 194 Å². The molecule has 0 radical (unpaired) electrons. The monoisotopic (exact) mass is 728 g/mol. The van der Waals surface area contributed by atoms with Crippen molar-refractivity contribution in [3.05, 3.63) is 194 Å². The molecule has 6 nitrogen and oxygen atoms in total. The summed E-state index contributed by atoms with van der Waals surface area (Å²) in [6, 6.07) is 68.4. The zero-order valence-electron chi connectivity index (χ0n) is 30.7. The fourth-order valence-electron chi connectivity index (χ4n) is 8.89. The molecule has 0 aliphatic heterocycles. The van der Waals surface area contributed by atoms with Crippen molar-refractivity contribution in [1.82, 2.24) is 28.7 Å². The number of aromatic nitrogens is 6. The lowest BCUT2D eigenvalue weighted by Crippen LogP contribution is -2.08. The SMILES string of the molecule is c1ccc(-c2nc(-c3ccccc3-n3c4ccccc4c4ccc5c6ccccc6n(-c6ccccc6)c5c43)nc(-n3c4ccccc4c4ccccc43)n2)cc1. The van der Waals surface area contributed by atoms with Crippen molar-refractivity contribution in [3.8, 4) is 40.1 Å². The van der Waals surface area contributed by atoms with E-state index < -0.39 is 0 Å². The Kier molecular flexibility index (Phi) is 6.83. The molecule has 6 heteroatoms. The number of hydrogen-bond acceptors (Lipinski definition) is 3. The normalized spacial score (nSPS) is 11.9. The molecule has 0 saturated carbocycles. The third-order valence-electron chi connectivity index (χ3n) is 11.3. The molecule has 12 rings (SSSR count). The van der Waals surface area contributed by atoms with Gasteiger partial charge < -0.3 is 9.13 Å². The number of hydrogen-bond donors (Lipinski definition) is 0. The van der Waals surface area contributed by atoms with E-state index >= 15 is 0 Å². The molecule has 266 valence electrons. The molecule has 0 spiro atoms. The summed E-state index contributed by atoms with van der Waals surface area (Å²) in [5, 5.41) is 7.08. The van der Waals surface area contributed by atoms with Crippen molar-refractivity contribution < 1.29 is 0 Å². The second kappa shape index (κ2) is 12.3. The van der Waals surface area contributed by atoms with Gasteiger partial charge in [-0.3, -0.25) is 4.57 Å². The second-order valence-electron chi connectivity index (χ2n) is 14.4. The van der Waals surface area contributed by atoms with Crippen molar-refractivity contribution in [2.75, 3.05) is 0 Å². The van der Waals surface area contributed by atoms with Gasteiger partial charge in [0.25, 0.3) is 0 Å². The topological polar surface area (TPSA) is 53.5 Å². The molecule has 57 heavy (non-hydrogen) atoms. The summed E-state index contributed by atoms with van der Waals surface area (Å²) in [5.74, 6) is 1.78. The zero-order valence-corrected chi connectivity index (χ0v) is 30.7. The first-order valence-corrected chi connectivity index (χ1v) is 19.2. The molecule has 0 saturated heterocycles. The summed E-state index contributed by atoms with van der Waals surface area (Å²) >= 11 is 0. The first-order valence-electron chi connectivity index (χ1n) is 19.2. The highest BCUT2D eigenvalue weighted by molar-refractivity contribution is 6.24. The molecule has 0 amide bonds. The Bertz CT molecular complexity index is 3470. The molecule has 4 heterocycles. The summed E-state index contributed by atoms with van der Waals surface area (Å²) in [5.41, 5.74) is 10.6. The Morgan fingerprint density at radius 3 is 1.35 bits per heavy atom. The summed E-state index contributed by atoms with van der Waals surface area (Å²) in [7, 11) is 0. The maximum atomic E-state index is 5.39. The van der Waals surface area contributed by atoms with Gasteiger partial charge in [0.15, 0.2) is 11.6 Å². The quantitative estimate of drug-likeness (QED) is 0.177. The van der Waals surface area contributed by atoms with Gasteiger partial charge in [-0.1, -0.05) is 146 Å². The Morgan fingerprint density at radius 1 is 0.298 bits per heavy atom. The van der Waals surface area contributed by atoms with Crippen LogP contribution in [-0.4, -0.2) is 28.7 Å². The minimum atomic E-state index is 0.569. The largest absolute Gasteiger partial charge is 0.307 e. The summed E-state index contributed by atoms with van der Waals surface area (Å²) in [6.45, 7) is 0. The van der Waals surface area contributed by atoms with Gasteiger partial charge in [-0.2, -0.15) is 9.97 Å². The fraction of sp³-hybridized carbons (Fsp3) is 0. The first kappa shape index (κ1) is 31.5. The van der Waals surface area contributed by atoms with Gasteiger partial charge in [-0.05, 0) is 48.5 Å². The molecule has 4 aromatic heterocycles. The van der Waals surface area contributed by atoms with Crippen LogP contribution in [0.3, 0.4) is 0 Å². The number of fused-ring (bicyclic) bond motifs is 10. The van der Waals surface area contributed by atoms with E-state index in [1.807, 2.05) is 18.2 Å². The van der Waals surface area contributed by atoms with Crippen LogP contribution in [0.1, 0.15) is 0 Å². The van der Waals surface area contributed by atoms with Crippen LogP contribution < -0.4 is 0 Å². The minimum Gasteiger partial charge on any atom is -0.307 e. The smallest absolute Gasteiger partial charge is 0.238 e. The van der Waals surface area contributed by atoms with Gasteiger partial charge in [0.2, 0.25) is 5.95 Å². The van der Waals surface area contributed by atoms with Gasteiger partial charge in [-0.15, -0.1) is 0 Å². The van der Waals surface area contributed by atoms with E-state index in [4.69, 9.17) is 15.0 Å². The highest BCUT2D eigenvalue weighted by Crippen LogP contribution is 2.43. The van der Waals surface area contributed by atoms with Crippen molar-refractivity contribution >= 4 is 65.4 Å². The lowest BCUT2D eigenvalue weighted by molar-refractivity contribution is 0.951. The Balaban J connectivity index is 1.20. The predicted octanol–water partition coefficient (Wildman–Crippen LogP) is 12.5. The number of para-hydroxylation sites is 6. The van der Waals surface area contributed by atoms with Crippen LogP contribution in [0.2, 0.25) is 0 Å². The van der Waals surface area contributed by atoms with Gasteiger partial charge >= 0.3 is 0 Å². The van der Waals surface area contributed by atoms with E-state index in [-0.39, 0.29) is 0 Å². The van der Waals surface area contributed by atoms with E-state index in [1.165, 1.54) is 21.5 Å². The standard InChI is InChI=1S/C51H32N6/c1-3-17-33(18-4-1)49-52-50(54-51(53-49)57-44-28-14-7-21-35(44)36-22-8-15-29-45(36)57)41-25-11-16-30-46(41)56-43-27-13-10-24-38(43)40-32-31-39-37-23-9-12-26-42(37)55(47(39)48(40)56)34-19-5-2-6-20-34/h1-32H. The van der Waals surface area contributed by atoms with Crippen LogP contribution in [0, 0.1) is 0 Å². The molecule has 0 fully saturated rings. The second-order valence-corrected chi connectivity index (χ2v) is 14.4. The molecule has 0 atom stereocenters. The van der Waals surface area contributed by atoms with Crippen LogP contribution in [0.5, 0.6) is 0 Å². The zero-order chi connectivity index (χ0) is 37.5. The van der Waals surface area contributed by atoms with Crippen LogP contribution in [0.4, 0.5) is 0 Å². The maximum Gasteiger partial charge on any atom is 0.238 e. The average Bonchev–Trinajstić information content (AvgIpc) is 3.93. The molecule has 0 aliphatic carbocycles. The van der Waals surface area contributed by atoms with Crippen LogP contribution in [-0.2, 0) is 0 Å². The summed E-state index contributed by atoms with van der Waals surface area (Å²) < 4.78 is 7.02. The lowest BCUT2D eigenvalue weighted by atomic mass is 10.1. The molecular formula is C51H32N6. The van der Waals surface area contributed by atoms with Gasteiger partial charge in [0, 0.05) is 49.1 Å². The third kappa shape index (κ3) is 4.68. The average molecular weight is 729 g/mol. The van der Waals surface area contributed by atoms with E-state index in [2.05, 4.69) is 190 Å². The first-order chi connectivity index (χ1) is 28.3. The minimum absolute atomic E-state index is 0.569. The Hall–Kier alpha value is -7.83. The number of benzene rings is 8. The fourth-order valence-corrected chi connectivity index (χ4v) is 8.89. The van der Waals surface area contributed by atoms with Gasteiger partial charge in [0.1, 0.15) is 0 Å². The van der Waals surface area contributed by atoms with Crippen molar-refractivity contribution in [1.29, 1.82) is 0 Å². The van der Waals surface area contributed by atoms with E-state index in [9.17, 15) is 0 Å². The van der Waals surface area contributed by atoms with E-state index in [1.54, 1.807) is 0 Å². The Morgan fingerprint density at radius 2 is 0.737 bits per heavy atom. The number of nitrogens with zero attached hydrogens (tertiary/aromatic N) is 6. The molecule has 0 aliphatic rings. The molecule has 0 N–H and O–H groups in total. The number of rotatable bonds is 5. The highest BCUT2D eigenvalue weighted by atomic mass is 15.2. The van der Waals surface area contributed by atoms with Crippen molar-refractivity contribution in [2.24, 2.45) is 0 Å². The van der Waals surface area contributed by atoms with Crippen molar-refractivity contribution in [3.63, 3.8) is 0 Å². The predicted molar refractivity (Wildman–Crippen MR) is 234 cm³/mol. The van der Waals surface area contributed by atoms with Crippen LogP contribution in [0.25, 0.3) is 106 Å². The van der Waals surface area contributed by atoms with Gasteiger partial charge in [0.05, 0.1) is 38.8 Å². The molecule has 0 unspecified atom stereocenters. The molecule has 0 bridgehead atoms. The molecule has 12 aromatic rings. The highest BCUT2D eigenvalue weighted by Gasteiger charge is 2.24. The third-order valence-corrected chi connectivity index (χ3v) is 11.3. The molecular weight excluding hydrogens is 697 g/mol. The Labute approximate surface area is 327 Å². The summed E-state index contributed by atoms with van der Waals surface area (Å²) in [6.07, 6.45) is 0. The van der Waals surface area contributed by atoms with Crippen LogP contribution >= 0.6 is 0 Å². The van der Waals surface area contributed by atoms with E-state index in [0.717, 1.165) is 66.4 Å². The summed E-state index contributed by atoms with van der Waals surface area (Å²) in [4.78, 5) is 15.9. The van der Waals surface area contributed by atoms with Gasteiger partial charge in [-0.25, -0.2) is 4.98 Å². The molecule has 8 aromatic carbocycles. The van der Waals surface area contributed by atoms with E-state index in [0.29, 0.717) is 17.6 Å².